The van der Waals surface area contributed by atoms with Crippen LogP contribution >= 0.6 is 0 Å². The smallest absolute Gasteiger partial charge is 0.337 e. The fraction of sp³-hybridized carbons (Fsp3) is 0.316. The number of fused-ring (bicyclic) bond motifs is 1. The molecule has 3 heterocycles. The molecule has 1 aromatic carbocycles. The van der Waals surface area contributed by atoms with E-state index in [2.05, 4.69) is 10.3 Å². The minimum absolute atomic E-state index is 0.402. The highest BCUT2D eigenvalue weighted by atomic mass is 16.5. The van der Waals surface area contributed by atoms with Crippen LogP contribution < -0.4 is 10.1 Å². The zero-order valence-corrected chi connectivity index (χ0v) is 15.3. The van der Waals surface area contributed by atoms with Crippen molar-refractivity contribution < 1.29 is 14.3 Å². The number of methoxy groups -OCH3 is 2. The van der Waals surface area contributed by atoms with E-state index in [0.29, 0.717) is 22.8 Å². The Morgan fingerprint density at radius 2 is 2.15 bits per heavy atom. The number of ether oxygens (including phenoxy) is 2. The van der Waals surface area contributed by atoms with Crippen molar-refractivity contribution in [3.05, 3.63) is 47.9 Å². The number of rotatable bonds is 4. The molecule has 1 N–H and O–H groups in total. The first kappa shape index (κ1) is 17.3. The zero-order chi connectivity index (χ0) is 18.8. The normalized spacial score (nSPS) is 13.7. The predicted molar refractivity (Wildman–Crippen MR) is 99.0 cm³/mol. The van der Waals surface area contributed by atoms with Gasteiger partial charge in [-0.15, -0.1) is 0 Å². The van der Waals surface area contributed by atoms with Gasteiger partial charge in [0.25, 0.3) is 0 Å². The fourth-order valence-electron chi connectivity index (χ4n) is 3.28. The summed E-state index contributed by atoms with van der Waals surface area (Å²) >= 11 is 0. The number of benzene rings is 1. The van der Waals surface area contributed by atoms with Crippen molar-refractivity contribution in [2.24, 2.45) is 0 Å². The summed E-state index contributed by atoms with van der Waals surface area (Å²) < 4.78 is 14.2. The van der Waals surface area contributed by atoms with Gasteiger partial charge in [0, 0.05) is 25.5 Å². The van der Waals surface area contributed by atoms with E-state index in [-0.39, 0.29) is 0 Å². The van der Waals surface area contributed by atoms with Gasteiger partial charge in [0.15, 0.2) is 5.82 Å². The maximum Gasteiger partial charge on any atom is 0.337 e. The molecule has 0 unspecified atom stereocenters. The number of imidazole rings is 1. The van der Waals surface area contributed by atoms with Crippen LogP contribution in [-0.2, 0) is 17.8 Å². The van der Waals surface area contributed by atoms with Crippen LogP contribution in [0.3, 0.4) is 0 Å². The second kappa shape index (κ2) is 7.24. The molecule has 1 aliphatic heterocycles. The Morgan fingerprint density at radius 1 is 1.26 bits per heavy atom. The average Bonchev–Trinajstić information content (AvgIpc) is 3.28. The molecule has 27 heavy (non-hydrogen) atoms. The molecule has 0 spiro atoms. The number of nitrogens with zero attached hydrogens (tertiary/aromatic N) is 4. The lowest BCUT2D eigenvalue weighted by Crippen LogP contribution is -2.11. The van der Waals surface area contributed by atoms with E-state index in [1.807, 2.05) is 21.5 Å². The Balaban J connectivity index is 1.79. The third-order valence-corrected chi connectivity index (χ3v) is 4.62. The van der Waals surface area contributed by atoms with Crippen molar-refractivity contribution in [1.29, 1.82) is 0 Å². The second-order valence-corrected chi connectivity index (χ2v) is 6.27. The molecule has 0 saturated carbocycles. The van der Waals surface area contributed by atoms with E-state index in [1.54, 1.807) is 31.5 Å². The lowest BCUT2D eigenvalue weighted by Gasteiger charge is -2.13. The molecular weight excluding hydrogens is 346 g/mol. The summed E-state index contributed by atoms with van der Waals surface area (Å²) in [5, 5.41) is 8.12. The number of carbonyl (C=O) groups excluding carboxylic acids is 1. The van der Waals surface area contributed by atoms with Gasteiger partial charge in [-0.25, -0.2) is 9.78 Å². The summed E-state index contributed by atoms with van der Waals surface area (Å²) in [5.74, 6) is 0.917. The second-order valence-electron chi connectivity index (χ2n) is 6.27. The Kier molecular flexibility index (Phi) is 4.64. The van der Waals surface area contributed by atoms with Gasteiger partial charge in [-0.1, -0.05) is 0 Å². The highest BCUT2D eigenvalue weighted by molar-refractivity contribution is 5.90. The minimum atomic E-state index is -0.402. The van der Waals surface area contributed by atoms with Gasteiger partial charge in [-0.2, -0.15) is 5.10 Å². The molecule has 0 fully saturated rings. The van der Waals surface area contributed by atoms with Crippen LogP contribution in [0, 0.1) is 0 Å². The molecule has 8 heteroatoms. The lowest BCUT2D eigenvalue weighted by atomic mass is 10.1. The Hall–Kier alpha value is -3.13. The number of hydrogen-bond donors (Lipinski definition) is 1. The Morgan fingerprint density at radius 3 is 2.96 bits per heavy atom. The maximum atomic E-state index is 11.9. The van der Waals surface area contributed by atoms with E-state index in [9.17, 15) is 4.79 Å². The highest BCUT2D eigenvalue weighted by Crippen LogP contribution is 2.29. The summed E-state index contributed by atoms with van der Waals surface area (Å²) in [5.41, 5.74) is 3.06. The SMILES string of the molecule is COC(=O)c1ccc(OC)c(-n2ccnc2-c2cc3n(n2)CCCNC3)c1. The molecule has 140 valence electrons. The van der Waals surface area contributed by atoms with Crippen LogP contribution in [0.5, 0.6) is 5.75 Å². The van der Waals surface area contributed by atoms with Crippen LogP contribution in [-0.4, -0.2) is 46.1 Å². The predicted octanol–water partition coefficient (Wildman–Crippen LogP) is 2.02. The number of esters is 1. The number of carbonyl (C=O) groups is 1. The lowest BCUT2D eigenvalue weighted by molar-refractivity contribution is 0.0600. The van der Waals surface area contributed by atoms with Crippen LogP contribution in [0.4, 0.5) is 0 Å². The van der Waals surface area contributed by atoms with Gasteiger partial charge in [0.2, 0.25) is 0 Å². The average molecular weight is 367 g/mol. The van der Waals surface area contributed by atoms with Crippen molar-refractivity contribution in [3.63, 3.8) is 0 Å². The van der Waals surface area contributed by atoms with E-state index in [4.69, 9.17) is 14.6 Å². The third-order valence-electron chi connectivity index (χ3n) is 4.62. The van der Waals surface area contributed by atoms with Gasteiger partial charge in [-0.3, -0.25) is 9.25 Å². The Labute approximate surface area is 156 Å². The molecule has 1 aliphatic rings. The molecule has 2 aromatic heterocycles. The minimum Gasteiger partial charge on any atom is -0.495 e. The molecular formula is C19H21N5O3. The van der Waals surface area contributed by atoms with Crippen molar-refractivity contribution in [2.45, 2.75) is 19.5 Å². The van der Waals surface area contributed by atoms with Gasteiger partial charge in [-0.05, 0) is 37.2 Å². The number of hydrogen-bond acceptors (Lipinski definition) is 6. The van der Waals surface area contributed by atoms with E-state index in [0.717, 1.165) is 37.4 Å². The van der Waals surface area contributed by atoms with Crippen molar-refractivity contribution in [3.8, 4) is 23.0 Å². The van der Waals surface area contributed by atoms with Gasteiger partial charge < -0.3 is 14.8 Å². The third kappa shape index (κ3) is 3.19. The van der Waals surface area contributed by atoms with E-state index < -0.39 is 5.97 Å². The zero-order valence-electron chi connectivity index (χ0n) is 15.3. The monoisotopic (exact) mass is 367 g/mol. The molecule has 0 bridgehead atoms. The maximum absolute atomic E-state index is 11.9. The van der Waals surface area contributed by atoms with Crippen LogP contribution in [0.2, 0.25) is 0 Å². The molecule has 3 aromatic rings. The highest BCUT2D eigenvalue weighted by Gasteiger charge is 2.19. The Bertz CT molecular complexity index is 952. The molecule has 0 radical (unpaired) electrons. The van der Waals surface area contributed by atoms with Crippen molar-refractivity contribution in [2.75, 3.05) is 20.8 Å². The molecule has 0 saturated heterocycles. The summed E-state index contributed by atoms with van der Waals surface area (Å²) in [6.07, 6.45) is 4.58. The van der Waals surface area contributed by atoms with Crippen molar-refractivity contribution >= 4 is 5.97 Å². The molecule has 0 amide bonds. The molecule has 8 nitrogen and oxygen atoms in total. The summed E-state index contributed by atoms with van der Waals surface area (Å²) in [6, 6.07) is 7.21. The molecule has 0 atom stereocenters. The van der Waals surface area contributed by atoms with Crippen molar-refractivity contribution in [1.82, 2.24) is 24.6 Å². The standard InChI is InChI=1S/C19H21N5O3/c1-26-17-5-4-13(19(25)27-2)10-16(17)23-9-7-21-18(23)15-11-14-12-20-6-3-8-24(14)22-15/h4-5,7,9-11,20H,3,6,8,12H2,1-2H3. The van der Waals surface area contributed by atoms with Crippen LogP contribution in [0.15, 0.2) is 36.7 Å². The topological polar surface area (TPSA) is 83.2 Å². The summed E-state index contributed by atoms with van der Waals surface area (Å²) in [7, 11) is 2.96. The molecule has 4 rings (SSSR count). The van der Waals surface area contributed by atoms with Gasteiger partial charge in [0.1, 0.15) is 11.4 Å². The summed E-state index contributed by atoms with van der Waals surface area (Å²) in [4.78, 5) is 16.4. The fourth-order valence-corrected chi connectivity index (χ4v) is 3.28. The van der Waals surface area contributed by atoms with Gasteiger partial charge >= 0.3 is 5.97 Å². The first-order valence-corrected chi connectivity index (χ1v) is 8.79. The molecule has 0 aliphatic carbocycles. The van der Waals surface area contributed by atoms with Crippen LogP contribution in [0.1, 0.15) is 22.5 Å². The quantitative estimate of drug-likeness (QED) is 0.711. The summed E-state index contributed by atoms with van der Waals surface area (Å²) in [6.45, 7) is 2.66. The number of aromatic nitrogens is 4. The first-order valence-electron chi connectivity index (χ1n) is 8.79. The first-order chi connectivity index (χ1) is 13.2. The van der Waals surface area contributed by atoms with E-state index >= 15 is 0 Å². The van der Waals surface area contributed by atoms with E-state index in [1.165, 1.54) is 7.11 Å². The van der Waals surface area contributed by atoms with Crippen LogP contribution in [0.25, 0.3) is 17.2 Å². The largest absolute Gasteiger partial charge is 0.495 e. The van der Waals surface area contributed by atoms with Gasteiger partial charge in [0.05, 0.1) is 31.2 Å². The number of nitrogens with one attached hydrogen (secondary N) is 1. The number of aryl methyl sites for hydroxylation is 1.